The van der Waals surface area contributed by atoms with Crippen molar-refractivity contribution in [3.63, 3.8) is 0 Å². The van der Waals surface area contributed by atoms with Gasteiger partial charge < -0.3 is 5.11 Å². The van der Waals surface area contributed by atoms with Crippen molar-refractivity contribution < 1.29 is 22.7 Å². The van der Waals surface area contributed by atoms with E-state index in [0.29, 0.717) is 0 Å². The summed E-state index contributed by atoms with van der Waals surface area (Å²) in [7, 11) is -3.76. The quantitative estimate of drug-likeness (QED) is 0.773. The van der Waals surface area contributed by atoms with E-state index in [1.54, 1.807) is 0 Å². The van der Waals surface area contributed by atoms with Crippen LogP contribution in [0.5, 0.6) is 0 Å². The predicted octanol–water partition coefficient (Wildman–Crippen LogP) is 1.73. The maximum atomic E-state index is 12.8. The smallest absolute Gasteiger partial charge is 0.303 e. The highest BCUT2D eigenvalue weighted by molar-refractivity contribution is 9.10. The molecule has 0 saturated heterocycles. The zero-order chi connectivity index (χ0) is 13.8. The second kappa shape index (κ2) is 6.26. The lowest BCUT2D eigenvalue weighted by Gasteiger charge is -2.07. The van der Waals surface area contributed by atoms with Crippen molar-refractivity contribution in [2.45, 2.75) is 17.7 Å². The summed E-state index contributed by atoms with van der Waals surface area (Å²) in [6.45, 7) is 0.0124. The van der Waals surface area contributed by atoms with E-state index >= 15 is 0 Å². The summed E-state index contributed by atoms with van der Waals surface area (Å²) in [6.07, 6.45) is 0.0699. The van der Waals surface area contributed by atoms with Crippen LogP contribution in [0.1, 0.15) is 12.8 Å². The summed E-state index contributed by atoms with van der Waals surface area (Å²) >= 11 is 2.96. The van der Waals surface area contributed by atoms with Crippen LogP contribution in [-0.2, 0) is 14.8 Å². The zero-order valence-electron chi connectivity index (χ0n) is 9.19. The zero-order valence-corrected chi connectivity index (χ0v) is 11.6. The van der Waals surface area contributed by atoms with Gasteiger partial charge in [0, 0.05) is 17.4 Å². The van der Waals surface area contributed by atoms with Gasteiger partial charge in [0.1, 0.15) is 5.82 Å². The first-order valence-electron chi connectivity index (χ1n) is 4.99. The number of benzene rings is 1. The lowest BCUT2D eigenvalue weighted by Crippen LogP contribution is -2.25. The number of nitrogens with one attached hydrogen (secondary N) is 1. The third kappa shape index (κ3) is 4.35. The molecule has 8 heteroatoms. The number of aliphatic carboxylic acids is 1. The van der Waals surface area contributed by atoms with Gasteiger partial charge in [-0.1, -0.05) is 0 Å². The number of rotatable bonds is 6. The van der Waals surface area contributed by atoms with Crippen LogP contribution in [0.25, 0.3) is 0 Å². The van der Waals surface area contributed by atoms with Crippen molar-refractivity contribution in [1.82, 2.24) is 4.72 Å². The molecule has 1 rings (SSSR count). The highest BCUT2D eigenvalue weighted by Gasteiger charge is 2.17. The lowest BCUT2D eigenvalue weighted by molar-refractivity contribution is -0.137. The van der Waals surface area contributed by atoms with Crippen molar-refractivity contribution in [2.24, 2.45) is 0 Å². The number of hydrogen-bond donors (Lipinski definition) is 2. The maximum absolute atomic E-state index is 12.8. The van der Waals surface area contributed by atoms with E-state index in [-0.39, 0.29) is 28.8 Å². The SMILES string of the molecule is O=C(O)CCCNS(=O)(=O)c1ccc(F)cc1Br. The Labute approximate surface area is 112 Å². The van der Waals surface area contributed by atoms with Gasteiger partial charge in [0.15, 0.2) is 0 Å². The fraction of sp³-hybridized carbons (Fsp3) is 0.300. The van der Waals surface area contributed by atoms with E-state index in [1.165, 1.54) is 0 Å². The highest BCUT2D eigenvalue weighted by atomic mass is 79.9. The Bertz CT molecular complexity index is 547. The summed E-state index contributed by atoms with van der Waals surface area (Å²) < 4.78 is 38.8. The molecule has 0 aliphatic carbocycles. The molecule has 0 radical (unpaired) electrons. The molecular formula is C10H11BrFNO4S. The largest absolute Gasteiger partial charge is 0.481 e. The van der Waals surface area contributed by atoms with Crippen LogP contribution in [0.15, 0.2) is 27.6 Å². The number of carbonyl (C=O) groups is 1. The molecule has 0 unspecified atom stereocenters. The fourth-order valence-corrected chi connectivity index (χ4v) is 3.34. The Hall–Kier alpha value is -0.990. The van der Waals surface area contributed by atoms with Gasteiger partial charge >= 0.3 is 5.97 Å². The lowest BCUT2D eigenvalue weighted by atomic mass is 10.3. The third-order valence-electron chi connectivity index (χ3n) is 2.04. The van der Waals surface area contributed by atoms with Crippen LogP contribution in [0.2, 0.25) is 0 Å². The molecule has 0 amide bonds. The Balaban J connectivity index is 2.71. The molecule has 0 heterocycles. The molecule has 0 atom stereocenters. The van der Waals surface area contributed by atoms with Gasteiger partial charge in [-0.3, -0.25) is 4.79 Å². The van der Waals surface area contributed by atoms with E-state index in [9.17, 15) is 17.6 Å². The molecule has 1 aromatic carbocycles. The van der Waals surface area contributed by atoms with Crippen molar-refractivity contribution in [3.05, 3.63) is 28.5 Å². The number of sulfonamides is 1. The van der Waals surface area contributed by atoms with Crippen LogP contribution < -0.4 is 4.72 Å². The van der Waals surface area contributed by atoms with Gasteiger partial charge in [-0.15, -0.1) is 0 Å². The molecule has 0 aromatic heterocycles. The first-order chi connectivity index (χ1) is 8.33. The number of carboxylic acid groups (broad SMARTS) is 1. The summed E-state index contributed by atoms with van der Waals surface area (Å²) in [6, 6.07) is 3.22. The molecular weight excluding hydrogens is 329 g/mol. The predicted molar refractivity (Wildman–Crippen MR) is 66.2 cm³/mol. The average Bonchev–Trinajstić information content (AvgIpc) is 2.23. The summed E-state index contributed by atoms with van der Waals surface area (Å²) in [5.74, 6) is -1.54. The van der Waals surface area contributed by atoms with Gasteiger partial charge in [-0.2, -0.15) is 0 Å². The Kier molecular flexibility index (Phi) is 5.24. The summed E-state index contributed by atoms with van der Waals surface area (Å²) in [5, 5.41) is 8.41. The highest BCUT2D eigenvalue weighted by Crippen LogP contribution is 2.22. The summed E-state index contributed by atoms with van der Waals surface area (Å²) in [4.78, 5) is 10.2. The van der Waals surface area contributed by atoms with Crippen LogP contribution >= 0.6 is 15.9 Å². The summed E-state index contributed by atoms with van der Waals surface area (Å²) in [5.41, 5.74) is 0. The molecule has 0 saturated carbocycles. The minimum Gasteiger partial charge on any atom is -0.481 e. The topological polar surface area (TPSA) is 83.5 Å². The Morgan fingerprint density at radius 1 is 1.44 bits per heavy atom. The molecule has 18 heavy (non-hydrogen) atoms. The Morgan fingerprint density at radius 3 is 2.67 bits per heavy atom. The van der Waals surface area contributed by atoms with Gasteiger partial charge in [0.2, 0.25) is 10.0 Å². The van der Waals surface area contributed by atoms with E-state index in [1.807, 2.05) is 0 Å². The molecule has 0 aliphatic heterocycles. The molecule has 1 aromatic rings. The van der Waals surface area contributed by atoms with Gasteiger partial charge in [0.05, 0.1) is 4.90 Å². The van der Waals surface area contributed by atoms with Crippen molar-refractivity contribution >= 4 is 31.9 Å². The average molecular weight is 340 g/mol. The van der Waals surface area contributed by atoms with Gasteiger partial charge in [-0.05, 0) is 40.5 Å². The molecule has 2 N–H and O–H groups in total. The molecule has 5 nitrogen and oxygen atoms in total. The fourth-order valence-electron chi connectivity index (χ4n) is 1.22. The molecule has 0 spiro atoms. The molecule has 0 fully saturated rings. The van der Waals surface area contributed by atoms with E-state index in [2.05, 4.69) is 20.7 Å². The number of carboxylic acids is 1. The van der Waals surface area contributed by atoms with Crippen molar-refractivity contribution in [3.8, 4) is 0 Å². The number of halogens is 2. The minimum absolute atomic E-state index is 0.0124. The standard InChI is InChI=1S/C10H11BrFNO4S/c11-8-6-7(12)3-4-9(8)18(16,17)13-5-1-2-10(14)15/h3-4,6,13H,1-2,5H2,(H,14,15). The second-order valence-electron chi connectivity index (χ2n) is 3.47. The van der Waals surface area contributed by atoms with Crippen LogP contribution in [0, 0.1) is 5.82 Å². The van der Waals surface area contributed by atoms with E-state index in [0.717, 1.165) is 18.2 Å². The molecule has 0 aliphatic rings. The van der Waals surface area contributed by atoms with Crippen LogP contribution in [-0.4, -0.2) is 26.0 Å². The normalized spacial score (nSPS) is 11.4. The van der Waals surface area contributed by atoms with E-state index < -0.39 is 21.8 Å². The van der Waals surface area contributed by atoms with Gasteiger partial charge in [-0.25, -0.2) is 17.5 Å². The third-order valence-corrected chi connectivity index (χ3v) is 4.48. The van der Waals surface area contributed by atoms with Gasteiger partial charge in [0.25, 0.3) is 0 Å². The maximum Gasteiger partial charge on any atom is 0.303 e. The van der Waals surface area contributed by atoms with E-state index in [4.69, 9.17) is 5.11 Å². The Morgan fingerprint density at radius 2 is 2.11 bits per heavy atom. The second-order valence-corrected chi connectivity index (χ2v) is 6.06. The minimum atomic E-state index is -3.76. The van der Waals surface area contributed by atoms with Crippen LogP contribution in [0.4, 0.5) is 4.39 Å². The van der Waals surface area contributed by atoms with Crippen molar-refractivity contribution in [2.75, 3.05) is 6.54 Å². The number of hydrogen-bond acceptors (Lipinski definition) is 3. The monoisotopic (exact) mass is 339 g/mol. The molecule has 100 valence electrons. The first kappa shape index (κ1) is 15.1. The van der Waals surface area contributed by atoms with Crippen molar-refractivity contribution in [1.29, 1.82) is 0 Å². The van der Waals surface area contributed by atoms with Crippen LogP contribution in [0.3, 0.4) is 0 Å². The first-order valence-corrected chi connectivity index (χ1v) is 7.27. The molecule has 0 bridgehead atoms.